The molecule has 5 rings (SSSR count). The largest absolute Gasteiger partial charge is 0.507 e. The minimum Gasteiger partial charge on any atom is -0.507 e. The highest BCUT2D eigenvalue weighted by Gasteiger charge is 2.32. The van der Waals surface area contributed by atoms with Gasteiger partial charge in [-0.3, -0.25) is 4.79 Å². The topological polar surface area (TPSA) is 139 Å². The lowest BCUT2D eigenvalue weighted by atomic mass is 9.95. The molecule has 188 valence electrons. The number of aryl methyl sites for hydroxylation is 1. The van der Waals surface area contributed by atoms with E-state index in [0.29, 0.717) is 11.3 Å². The fourth-order valence-electron chi connectivity index (χ4n) is 4.21. The van der Waals surface area contributed by atoms with Gasteiger partial charge in [-0.15, -0.1) is 0 Å². The number of nitrogens with one attached hydrogen (secondary N) is 1. The molecule has 0 saturated carbocycles. The van der Waals surface area contributed by atoms with Crippen LogP contribution in [-0.2, 0) is 0 Å². The summed E-state index contributed by atoms with van der Waals surface area (Å²) in [4.78, 5) is 30.4. The van der Waals surface area contributed by atoms with E-state index in [1.54, 1.807) is 12.1 Å². The Kier molecular flexibility index (Phi) is 5.96. The molecule has 1 atom stereocenters. The lowest BCUT2D eigenvalue weighted by Crippen LogP contribution is -2.25. The quantitative estimate of drug-likeness (QED) is 0.372. The van der Waals surface area contributed by atoms with E-state index in [4.69, 9.17) is 9.15 Å². The van der Waals surface area contributed by atoms with Gasteiger partial charge in [-0.1, -0.05) is 6.07 Å². The third kappa shape index (κ3) is 4.42. The Balaban J connectivity index is 1.64. The van der Waals surface area contributed by atoms with Crippen LogP contribution in [0.1, 0.15) is 39.7 Å². The molecule has 0 unspecified atom stereocenters. The van der Waals surface area contributed by atoms with Gasteiger partial charge in [0.25, 0.3) is 5.91 Å². The van der Waals surface area contributed by atoms with Crippen molar-refractivity contribution >= 4 is 23.1 Å². The average Bonchev–Trinajstić information content (AvgIpc) is 3.29. The highest BCUT2D eigenvalue weighted by Crippen LogP contribution is 2.39. The molecule has 11 heteroatoms. The van der Waals surface area contributed by atoms with E-state index >= 15 is 0 Å². The van der Waals surface area contributed by atoms with Crippen molar-refractivity contribution in [1.29, 1.82) is 0 Å². The molecule has 1 aliphatic heterocycles. The molecule has 3 heterocycles. The van der Waals surface area contributed by atoms with Gasteiger partial charge in [0.05, 0.1) is 25.1 Å². The van der Waals surface area contributed by atoms with E-state index in [1.165, 1.54) is 61.3 Å². The Morgan fingerprint density at radius 3 is 2.62 bits per heavy atom. The second-order valence-electron chi connectivity index (χ2n) is 8.40. The fraction of sp³-hybridized carbons (Fsp3) is 0.154. The zero-order valence-electron chi connectivity index (χ0n) is 19.7. The predicted molar refractivity (Wildman–Crippen MR) is 132 cm³/mol. The van der Waals surface area contributed by atoms with Gasteiger partial charge in [0.2, 0.25) is 0 Å². The number of carbonyl (C=O) groups is 1. The lowest BCUT2D eigenvalue weighted by Gasteiger charge is -2.25. The highest BCUT2D eigenvalue weighted by atomic mass is 19.1. The van der Waals surface area contributed by atoms with Crippen molar-refractivity contribution in [2.75, 3.05) is 12.4 Å². The Morgan fingerprint density at radius 2 is 1.92 bits per heavy atom. The maximum atomic E-state index is 13.3. The number of aromatic nitrogens is 2. The number of halogens is 1. The summed E-state index contributed by atoms with van der Waals surface area (Å²) >= 11 is 0. The van der Waals surface area contributed by atoms with Crippen LogP contribution >= 0.6 is 0 Å². The number of hydrogen-bond acceptors (Lipinski definition) is 8. The van der Waals surface area contributed by atoms with Crippen molar-refractivity contribution in [3.05, 3.63) is 93.4 Å². The van der Waals surface area contributed by atoms with Crippen molar-refractivity contribution < 1.29 is 28.6 Å². The Morgan fingerprint density at radius 1 is 1.16 bits per heavy atom. The van der Waals surface area contributed by atoms with Gasteiger partial charge in [0, 0.05) is 18.2 Å². The monoisotopic (exact) mass is 504 g/mol. The molecule has 10 nitrogen and oxygen atoms in total. The van der Waals surface area contributed by atoms with E-state index in [2.05, 4.69) is 15.4 Å². The third-order valence-electron chi connectivity index (χ3n) is 5.97. The van der Waals surface area contributed by atoms with Crippen molar-refractivity contribution in [3.8, 4) is 17.2 Å². The second-order valence-corrected chi connectivity index (χ2v) is 8.40. The molecule has 0 aliphatic carbocycles. The first-order valence-electron chi connectivity index (χ1n) is 11.2. The number of hydrogen-bond donors (Lipinski definition) is 3. The number of aromatic hydroxyl groups is 2. The van der Waals surface area contributed by atoms with Crippen LogP contribution in [0.5, 0.6) is 17.2 Å². The highest BCUT2D eigenvalue weighted by molar-refractivity contribution is 6.10. The number of fused-ring (bicyclic) bond motifs is 1. The van der Waals surface area contributed by atoms with E-state index in [0.717, 1.165) is 0 Å². The SMILES string of the molecule is COc1cc([C@@H]2CC(c3c(O)cc(C)oc3=O)=Nc3c(C(=O)Nc4ccc(F)cc4)cnn32)ccc1O. The normalized spacial score (nSPS) is 14.6. The van der Waals surface area contributed by atoms with E-state index in [1.807, 2.05) is 0 Å². The Hall–Kier alpha value is -4.93. The van der Waals surface area contributed by atoms with E-state index < -0.39 is 23.4 Å². The van der Waals surface area contributed by atoms with Crippen molar-refractivity contribution in [1.82, 2.24) is 9.78 Å². The summed E-state index contributed by atoms with van der Waals surface area (Å²) in [6, 6.07) is 10.7. The van der Waals surface area contributed by atoms with Crippen LogP contribution < -0.4 is 15.7 Å². The van der Waals surface area contributed by atoms with E-state index in [-0.39, 0.29) is 52.1 Å². The average molecular weight is 504 g/mol. The van der Waals surface area contributed by atoms with Crippen LogP contribution in [0.3, 0.4) is 0 Å². The predicted octanol–water partition coefficient (Wildman–Crippen LogP) is 4.07. The number of aliphatic imine (C=N–C) groups is 1. The summed E-state index contributed by atoms with van der Waals surface area (Å²) in [6.45, 7) is 1.53. The summed E-state index contributed by atoms with van der Waals surface area (Å²) in [7, 11) is 1.42. The molecule has 0 radical (unpaired) electrons. The number of phenols is 1. The Labute approximate surface area is 209 Å². The van der Waals surface area contributed by atoms with Crippen LogP contribution in [0.4, 0.5) is 15.9 Å². The zero-order chi connectivity index (χ0) is 26.3. The van der Waals surface area contributed by atoms with Gasteiger partial charge in [-0.2, -0.15) is 5.10 Å². The number of phenolic OH excluding ortho intramolecular Hbond substituents is 1. The summed E-state index contributed by atoms with van der Waals surface area (Å²) < 4.78 is 25.2. The van der Waals surface area contributed by atoms with Gasteiger partial charge >= 0.3 is 5.63 Å². The minimum absolute atomic E-state index is 0.0622. The first-order chi connectivity index (χ1) is 17.7. The number of amides is 1. The molecule has 0 fully saturated rings. The van der Waals surface area contributed by atoms with Crippen molar-refractivity contribution in [2.45, 2.75) is 19.4 Å². The smallest absolute Gasteiger partial charge is 0.348 e. The molecular formula is C26H21FN4O6. The molecule has 37 heavy (non-hydrogen) atoms. The lowest BCUT2D eigenvalue weighted by molar-refractivity contribution is 0.102. The fourth-order valence-corrected chi connectivity index (χ4v) is 4.21. The molecule has 4 aromatic rings. The molecule has 2 aromatic carbocycles. The second kappa shape index (κ2) is 9.26. The number of ether oxygens (including phenoxy) is 1. The molecule has 0 spiro atoms. The van der Waals surface area contributed by atoms with Crippen LogP contribution in [-0.4, -0.2) is 38.7 Å². The van der Waals surface area contributed by atoms with Crippen LogP contribution in [0.2, 0.25) is 0 Å². The van der Waals surface area contributed by atoms with Crippen LogP contribution in [0, 0.1) is 12.7 Å². The molecule has 0 saturated heterocycles. The molecule has 1 aliphatic rings. The maximum Gasteiger partial charge on any atom is 0.348 e. The number of rotatable bonds is 5. The van der Waals surface area contributed by atoms with Gasteiger partial charge in [0.1, 0.15) is 28.5 Å². The molecule has 1 amide bonds. The van der Waals surface area contributed by atoms with Gasteiger partial charge in [-0.05, 0) is 48.9 Å². The summed E-state index contributed by atoms with van der Waals surface area (Å²) in [5, 5.41) is 27.7. The van der Waals surface area contributed by atoms with Gasteiger partial charge in [-0.25, -0.2) is 18.9 Å². The molecular weight excluding hydrogens is 483 g/mol. The first kappa shape index (κ1) is 23.8. The molecule has 3 N–H and O–H groups in total. The number of anilines is 1. The first-order valence-corrected chi connectivity index (χ1v) is 11.2. The number of methoxy groups -OCH3 is 1. The van der Waals surface area contributed by atoms with Gasteiger partial charge < -0.3 is 24.7 Å². The standard InChI is InChI=1S/C26H21FN4O6/c1-13-9-21(33)23(26(35)37-13)18-11-19(14-3-8-20(32)22(10-14)36-2)31-24(30-18)17(12-28-31)25(34)29-16-6-4-15(27)5-7-16/h3-10,12,19,32-33H,11H2,1-2H3,(H,29,34)/t19-/m0/s1. The maximum absolute atomic E-state index is 13.3. The number of nitrogens with zero attached hydrogens (tertiary/aromatic N) is 3. The van der Waals surface area contributed by atoms with Crippen molar-refractivity contribution in [2.24, 2.45) is 4.99 Å². The molecule has 0 bridgehead atoms. The summed E-state index contributed by atoms with van der Waals surface area (Å²) in [6.07, 6.45) is 1.45. The van der Waals surface area contributed by atoms with Crippen LogP contribution in [0.25, 0.3) is 0 Å². The summed E-state index contributed by atoms with van der Waals surface area (Å²) in [5.74, 6) is -0.779. The number of benzene rings is 2. The van der Waals surface area contributed by atoms with Gasteiger partial charge in [0.15, 0.2) is 17.3 Å². The van der Waals surface area contributed by atoms with Crippen LogP contribution in [0.15, 0.2) is 68.9 Å². The third-order valence-corrected chi connectivity index (χ3v) is 5.97. The summed E-state index contributed by atoms with van der Waals surface area (Å²) in [5.41, 5.74) is 0.388. The van der Waals surface area contributed by atoms with E-state index in [9.17, 15) is 24.2 Å². The zero-order valence-corrected chi connectivity index (χ0v) is 19.7. The minimum atomic E-state index is -0.774. The molecule has 2 aromatic heterocycles. The number of carbonyl (C=O) groups excluding carboxylic acids is 1. The van der Waals surface area contributed by atoms with Crippen molar-refractivity contribution in [3.63, 3.8) is 0 Å². The Bertz CT molecular complexity index is 1610.